The van der Waals surface area contributed by atoms with Crippen LogP contribution in [0.3, 0.4) is 0 Å². The normalized spacial score (nSPS) is 23.6. The molecule has 0 aromatic heterocycles. The molecule has 126 valence electrons. The van der Waals surface area contributed by atoms with Crippen molar-refractivity contribution in [1.29, 1.82) is 0 Å². The Morgan fingerprint density at radius 2 is 1.91 bits per heavy atom. The van der Waals surface area contributed by atoms with Crippen LogP contribution in [0.4, 0.5) is 0 Å². The van der Waals surface area contributed by atoms with E-state index in [1.54, 1.807) is 0 Å². The quantitative estimate of drug-likeness (QED) is 0.889. The van der Waals surface area contributed by atoms with Gasteiger partial charge in [0.05, 0.1) is 6.04 Å². The average Bonchev–Trinajstić information content (AvgIpc) is 2.59. The van der Waals surface area contributed by atoms with E-state index in [0.717, 1.165) is 56.9 Å². The third kappa shape index (κ3) is 4.93. The molecule has 0 spiro atoms. The molecule has 23 heavy (non-hydrogen) atoms. The smallest absolute Gasteiger partial charge is 0.237 e. The molecule has 0 aliphatic carbocycles. The number of hydrogen-bond acceptors (Lipinski definition) is 3. The molecule has 2 aliphatic rings. The van der Waals surface area contributed by atoms with Crippen LogP contribution in [-0.4, -0.2) is 42.5 Å². The number of halogens is 1. The van der Waals surface area contributed by atoms with Gasteiger partial charge in [0.25, 0.3) is 0 Å². The Hall–Kier alpha value is -1.10. The number of rotatable bonds is 4. The summed E-state index contributed by atoms with van der Waals surface area (Å²) in [5.41, 5.74) is 1.29. The van der Waals surface area contributed by atoms with Gasteiger partial charge in [0.2, 0.25) is 5.91 Å². The van der Waals surface area contributed by atoms with Crippen LogP contribution in [0.15, 0.2) is 24.3 Å². The minimum Gasteiger partial charge on any atom is -0.352 e. The van der Waals surface area contributed by atoms with Crippen molar-refractivity contribution in [3.8, 4) is 0 Å². The maximum Gasteiger partial charge on any atom is 0.237 e. The Bertz CT molecular complexity index is 506. The van der Waals surface area contributed by atoms with Gasteiger partial charge >= 0.3 is 0 Å². The van der Waals surface area contributed by atoms with E-state index in [-0.39, 0.29) is 11.9 Å². The van der Waals surface area contributed by atoms with Gasteiger partial charge in [-0.3, -0.25) is 9.69 Å². The third-order valence-electron chi connectivity index (χ3n) is 4.88. The molecular weight excluding hydrogens is 310 g/mol. The lowest BCUT2D eigenvalue weighted by Gasteiger charge is -2.33. The van der Waals surface area contributed by atoms with Gasteiger partial charge in [0.15, 0.2) is 0 Å². The number of carbonyl (C=O) groups excluding carboxylic acids is 1. The van der Waals surface area contributed by atoms with Crippen molar-refractivity contribution in [2.45, 2.75) is 50.7 Å². The number of benzene rings is 1. The summed E-state index contributed by atoms with van der Waals surface area (Å²) in [7, 11) is 0. The molecule has 2 saturated heterocycles. The number of nitrogens with one attached hydrogen (secondary N) is 2. The predicted molar refractivity (Wildman–Crippen MR) is 93.5 cm³/mol. The topological polar surface area (TPSA) is 44.4 Å². The van der Waals surface area contributed by atoms with Crippen LogP contribution in [0.1, 0.15) is 37.7 Å². The largest absolute Gasteiger partial charge is 0.352 e. The Kier molecular flexibility index (Phi) is 5.92. The van der Waals surface area contributed by atoms with E-state index < -0.39 is 0 Å². The zero-order valence-electron chi connectivity index (χ0n) is 13.6. The van der Waals surface area contributed by atoms with Gasteiger partial charge in [-0.1, -0.05) is 30.2 Å². The van der Waals surface area contributed by atoms with Crippen molar-refractivity contribution in [1.82, 2.24) is 15.5 Å². The van der Waals surface area contributed by atoms with Crippen molar-refractivity contribution in [3.63, 3.8) is 0 Å². The van der Waals surface area contributed by atoms with Crippen LogP contribution in [0.5, 0.6) is 0 Å². The fraction of sp³-hybridized carbons (Fsp3) is 0.611. The van der Waals surface area contributed by atoms with Crippen LogP contribution in [0.25, 0.3) is 0 Å². The lowest BCUT2D eigenvalue weighted by Crippen LogP contribution is -2.52. The van der Waals surface area contributed by atoms with Crippen molar-refractivity contribution in [2.24, 2.45) is 0 Å². The number of likely N-dealkylation sites (tertiary alicyclic amines) is 1. The van der Waals surface area contributed by atoms with Gasteiger partial charge in [-0.05, 0) is 49.9 Å². The van der Waals surface area contributed by atoms with Crippen LogP contribution in [0, 0.1) is 0 Å². The first kappa shape index (κ1) is 16.7. The summed E-state index contributed by atoms with van der Waals surface area (Å²) < 4.78 is 0. The third-order valence-corrected chi connectivity index (χ3v) is 5.13. The molecule has 1 aromatic carbocycles. The molecule has 2 N–H and O–H groups in total. The molecule has 2 fully saturated rings. The van der Waals surface area contributed by atoms with E-state index in [9.17, 15) is 4.79 Å². The lowest BCUT2D eigenvalue weighted by atomic mass is 10.0. The first-order valence-corrected chi connectivity index (χ1v) is 9.09. The SMILES string of the molecule is O=C(NC1CCN(Cc2ccc(Cl)cc2)CC1)C1CCCCN1. The molecule has 5 heteroatoms. The molecule has 4 nitrogen and oxygen atoms in total. The van der Waals surface area contributed by atoms with Gasteiger partial charge in [-0.25, -0.2) is 0 Å². The molecule has 2 heterocycles. The number of amides is 1. The molecule has 0 saturated carbocycles. The highest BCUT2D eigenvalue weighted by atomic mass is 35.5. The van der Waals surface area contributed by atoms with E-state index in [2.05, 4.69) is 27.7 Å². The minimum absolute atomic E-state index is 0.0239. The fourth-order valence-electron chi connectivity index (χ4n) is 3.46. The van der Waals surface area contributed by atoms with Crippen molar-refractivity contribution in [3.05, 3.63) is 34.9 Å². The Labute approximate surface area is 143 Å². The number of piperidine rings is 2. The Morgan fingerprint density at radius 3 is 2.57 bits per heavy atom. The highest BCUT2D eigenvalue weighted by molar-refractivity contribution is 6.30. The highest BCUT2D eigenvalue weighted by Crippen LogP contribution is 2.16. The van der Waals surface area contributed by atoms with Crippen molar-refractivity contribution < 1.29 is 4.79 Å². The van der Waals surface area contributed by atoms with Crippen LogP contribution in [-0.2, 0) is 11.3 Å². The second kappa shape index (κ2) is 8.13. The molecule has 0 bridgehead atoms. The second-order valence-electron chi connectivity index (χ2n) is 6.69. The molecule has 2 aliphatic heterocycles. The maximum absolute atomic E-state index is 12.3. The van der Waals surface area contributed by atoms with Crippen molar-refractivity contribution in [2.75, 3.05) is 19.6 Å². The van der Waals surface area contributed by atoms with Crippen molar-refractivity contribution >= 4 is 17.5 Å². The Morgan fingerprint density at radius 1 is 1.17 bits per heavy atom. The number of hydrogen-bond donors (Lipinski definition) is 2. The molecular formula is C18H26ClN3O. The summed E-state index contributed by atoms with van der Waals surface area (Å²) in [6, 6.07) is 8.42. The zero-order chi connectivity index (χ0) is 16.1. The summed E-state index contributed by atoms with van der Waals surface area (Å²) in [6.07, 6.45) is 5.39. The monoisotopic (exact) mass is 335 g/mol. The first-order valence-electron chi connectivity index (χ1n) is 8.71. The van der Waals surface area contributed by atoms with Gasteiger partial charge < -0.3 is 10.6 Å². The summed E-state index contributed by atoms with van der Waals surface area (Å²) in [5.74, 6) is 0.195. The Balaban J connectivity index is 1.41. The van der Waals surface area contributed by atoms with E-state index in [4.69, 9.17) is 11.6 Å². The maximum atomic E-state index is 12.3. The fourth-order valence-corrected chi connectivity index (χ4v) is 3.59. The van der Waals surface area contributed by atoms with Gasteiger partial charge in [-0.15, -0.1) is 0 Å². The van der Waals surface area contributed by atoms with Crippen LogP contribution < -0.4 is 10.6 Å². The molecule has 1 atom stereocenters. The number of carbonyl (C=O) groups is 1. The van der Waals surface area contributed by atoms with Crippen LogP contribution >= 0.6 is 11.6 Å². The summed E-state index contributed by atoms with van der Waals surface area (Å²) in [6.45, 7) is 4.00. The molecule has 1 unspecified atom stereocenters. The summed E-state index contributed by atoms with van der Waals surface area (Å²) in [5, 5.41) is 7.34. The molecule has 1 amide bonds. The average molecular weight is 336 g/mol. The molecule has 0 radical (unpaired) electrons. The highest BCUT2D eigenvalue weighted by Gasteiger charge is 2.25. The molecule has 3 rings (SSSR count). The zero-order valence-corrected chi connectivity index (χ0v) is 14.3. The first-order chi connectivity index (χ1) is 11.2. The number of nitrogens with zero attached hydrogens (tertiary/aromatic N) is 1. The van der Waals surface area contributed by atoms with Gasteiger partial charge in [0.1, 0.15) is 0 Å². The summed E-state index contributed by atoms with van der Waals surface area (Å²) >= 11 is 5.93. The van der Waals surface area contributed by atoms with Gasteiger partial charge in [0, 0.05) is 30.7 Å². The predicted octanol–water partition coefficient (Wildman–Crippen LogP) is 2.56. The van der Waals surface area contributed by atoms with Crippen LogP contribution in [0.2, 0.25) is 5.02 Å². The van der Waals surface area contributed by atoms with Gasteiger partial charge in [-0.2, -0.15) is 0 Å². The minimum atomic E-state index is 0.0239. The lowest BCUT2D eigenvalue weighted by molar-refractivity contribution is -0.124. The van der Waals surface area contributed by atoms with E-state index in [0.29, 0.717) is 6.04 Å². The van der Waals surface area contributed by atoms with E-state index in [1.807, 2.05) is 12.1 Å². The van der Waals surface area contributed by atoms with E-state index in [1.165, 1.54) is 12.0 Å². The second-order valence-corrected chi connectivity index (χ2v) is 7.12. The van der Waals surface area contributed by atoms with E-state index >= 15 is 0 Å². The standard InChI is InChI=1S/C18H26ClN3O/c19-15-6-4-14(5-7-15)13-22-11-8-16(9-12-22)21-18(23)17-3-1-2-10-20-17/h4-7,16-17,20H,1-3,8-13H2,(H,21,23). The molecule has 1 aromatic rings. The summed E-state index contributed by atoms with van der Waals surface area (Å²) in [4.78, 5) is 14.7.